The number of amides is 1. The lowest BCUT2D eigenvalue weighted by Crippen LogP contribution is -2.30. The maximum absolute atomic E-state index is 12.1. The van der Waals surface area contributed by atoms with Crippen LogP contribution in [-0.4, -0.2) is 29.4 Å². The van der Waals surface area contributed by atoms with Crippen molar-refractivity contribution >= 4 is 39.0 Å². The van der Waals surface area contributed by atoms with Crippen molar-refractivity contribution in [1.82, 2.24) is 4.90 Å². The Kier molecular flexibility index (Phi) is 5.08. The van der Waals surface area contributed by atoms with E-state index in [0.29, 0.717) is 23.5 Å². The highest BCUT2D eigenvalue weighted by Crippen LogP contribution is 2.17. The summed E-state index contributed by atoms with van der Waals surface area (Å²) in [6, 6.07) is 5.61. The number of carbonyl (C=O) groups excluding carboxylic acids is 1. The minimum Gasteiger partial charge on any atom is -0.393 e. The third-order valence-electron chi connectivity index (χ3n) is 2.46. The predicted molar refractivity (Wildman–Crippen MR) is 77.2 cm³/mol. The first-order valence-corrected chi connectivity index (χ1v) is 6.42. The van der Waals surface area contributed by atoms with Crippen LogP contribution in [-0.2, 0) is 0 Å². The van der Waals surface area contributed by atoms with Crippen molar-refractivity contribution in [2.24, 2.45) is 5.73 Å². The van der Waals surface area contributed by atoms with Gasteiger partial charge in [0.1, 0.15) is 0 Å². The molecule has 0 heterocycles. The van der Waals surface area contributed by atoms with Crippen molar-refractivity contribution in [2.75, 3.05) is 13.6 Å². The summed E-state index contributed by atoms with van der Waals surface area (Å²) in [5.41, 5.74) is 7.07. The standard InChI is InChI=1S/C12H15BrN2OS/c1-8-7-9(13)3-4-10(8)12(16)15(2)6-5-11(14)17/h3-4,7H,5-6H2,1-2H3,(H2,14,17). The Morgan fingerprint density at radius 1 is 1.53 bits per heavy atom. The number of halogens is 1. The summed E-state index contributed by atoms with van der Waals surface area (Å²) < 4.78 is 0.970. The Morgan fingerprint density at radius 2 is 2.18 bits per heavy atom. The van der Waals surface area contributed by atoms with E-state index in [4.69, 9.17) is 18.0 Å². The molecule has 2 N–H and O–H groups in total. The molecule has 1 rings (SSSR count). The minimum atomic E-state index is -0.00810. The number of aryl methyl sites for hydroxylation is 1. The summed E-state index contributed by atoms with van der Waals surface area (Å²) in [4.78, 5) is 14.2. The van der Waals surface area contributed by atoms with Crippen LogP contribution in [0.15, 0.2) is 22.7 Å². The van der Waals surface area contributed by atoms with Gasteiger partial charge in [0.15, 0.2) is 0 Å². The molecule has 1 amide bonds. The molecule has 1 aromatic rings. The monoisotopic (exact) mass is 314 g/mol. The number of nitrogens with two attached hydrogens (primary N) is 1. The molecule has 0 unspecified atom stereocenters. The maximum Gasteiger partial charge on any atom is 0.253 e. The van der Waals surface area contributed by atoms with Gasteiger partial charge in [-0.15, -0.1) is 0 Å². The second kappa shape index (κ2) is 6.12. The molecule has 0 bridgehead atoms. The zero-order chi connectivity index (χ0) is 13.0. The highest BCUT2D eigenvalue weighted by Gasteiger charge is 2.13. The van der Waals surface area contributed by atoms with Crippen molar-refractivity contribution < 1.29 is 4.79 Å². The molecule has 17 heavy (non-hydrogen) atoms. The summed E-state index contributed by atoms with van der Waals surface area (Å²) in [7, 11) is 1.75. The van der Waals surface area contributed by atoms with Crippen molar-refractivity contribution in [1.29, 1.82) is 0 Å². The van der Waals surface area contributed by atoms with Gasteiger partial charge in [0, 0.05) is 30.0 Å². The summed E-state index contributed by atoms with van der Waals surface area (Å²) >= 11 is 8.17. The number of carbonyl (C=O) groups is 1. The van der Waals surface area contributed by atoms with E-state index in [1.54, 1.807) is 11.9 Å². The first kappa shape index (κ1) is 14.1. The molecule has 0 aliphatic rings. The van der Waals surface area contributed by atoms with E-state index in [1.165, 1.54) is 0 Å². The molecule has 0 spiro atoms. The van der Waals surface area contributed by atoms with Crippen LogP contribution in [0.5, 0.6) is 0 Å². The normalized spacial score (nSPS) is 10.1. The van der Waals surface area contributed by atoms with E-state index < -0.39 is 0 Å². The number of hydrogen-bond acceptors (Lipinski definition) is 2. The Labute approximate surface area is 115 Å². The van der Waals surface area contributed by atoms with Gasteiger partial charge in [-0.25, -0.2) is 0 Å². The second-order valence-corrected chi connectivity index (χ2v) is 5.34. The van der Waals surface area contributed by atoms with E-state index in [9.17, 15) is 4.79 Å². The third-order valence-corrected chi connectivity index (χ3v) is 3.16. The smallest absolute Gasteiger partial charge is 0.253 e. The van der Waals surface area contributed by atoms with Crippen LogP contribution in [0.4, 0.5) is 0 Å². The largest absolute Gasteiger partial charge is 0.393 e. The van der Waals surface area contributed by atoms with Gasteiger partial charge in [0.25, 0.3) is 5.91 Å². The molecule has 0 aromatic heterocycles. The zero-order valence-corrected chi connectivity index (χ0v) is 12.3. The summed E-state index contributed by atoms with van der Waals surface area (Å²) in [5, 5.41) is 0. The van der Waals surface area contributed by atoms with Gasteiger partial charge in [0.2, 0.25) is 0 Å². The topological polar surface area (TPSA) is 46.3 Å². The minimum absolute atomic E-state index is 0.00810. The summed E-state index contributed by atoms with van der Waals surface area (Å²) in [6.07, 6.45) is 0.549. The Bertz CT molecular complexity index is 448. The maximum atomic E-state index is 12.1. The fourth-order valence-corrected chi connectivity index (χ4v) is 2.02. The molecule has 92 valence electrons. The number of benzene rings is 1. The van der Waals surface area contributed by atoms with Crippen molar-refractivity contribution in [3.63, 3.8) is 0 Å². The molecular formula is C12H15BrN2OS. The van der Waals surface area contributed by atoms with Crippen LogP contribution in [0.1, 0.15) is 22.3 Å². The van der Waals surface area contributed by atoms with Crippen LogP contribution in [0.2, 0.25) is 0 Å². The number of hydrogen-bond donors (Lipinski definition) is 1. The summed E-state index contributed by atoms with van der Waals surface area (Å²) in [6.45, 7) is 2.46. The highest BCUT2D eigenvalue weighted by molar-refractivity contribution is 9.10. The van der Waals surface area contributed by atoms with Crippen LogP contribution < -0.4 is 5.73 Å². The Morgan fingerprint density at radius 3 is 2.71 bits per heavy atom. The first-order chi connectivity index (χ1) is 7.91. The van der Waals surface area contributed by atoms with Gasteiger partial charge < -0.3 is 10.6 Å². The molecular weight excluding hydrogens is 300 g/mol. The average Bonchev–Trinajstić information content (AvgIpc) is 2.25. The zero-order valence-electron chi connectivity index (χ0n) is 9.87. The highest BCUT2D eigenvalue weighted by atomic mass is 79.9. The lowest BCUT2D eigenvalue weighted by atomic mass is 10.1. The van der Waals surface area contributed by atoms with Gasteiger partial charge in [0.05, 0.1) is 4.99 Å². The Hall–Kier alpha value is -0.940. The van der Waals surface area contributed by atoms with Crippen LogP contribution >= 0.6 is 28.1 Å². The van der Waals surface area contributed by atoms with E-state index in [0.717, 1.165) is 10.0 Å². The number of rotatable bonds is 4. The lowest BCUT2D eigenvalue weighted by Gasteiger charge is -2.18. The second-order valence-electron chi connectivity index (χ2n) is 3.90. The van der Waals surface area contributed by atoms with Gasteiger partial charge in [-0.1, -0.05) is 28.1 Å². The molecule has 0 radical (unpaired) electrons. The lowest BCUT2D eigenvalue weighted by molar-refractivity contribution is 0.0798. The van der Waals surface area contributed by atoms with Gasteiger partial charge in [-0.05, 0) is 30.7 Å². The van der Waals surface area contributed by atoms with Crippen molar-refractivity contribution in [2.45, 2.75) is 13.3 Å². The predicted octanol–water partition coefficient (Wildman–Crippen LogP) is 2.51. The molecule has 0 aliphatic heterocycles. The average molecular weight is 315 g/mol. The van der Waals surface area contributed by atoms with E-state index >= 15 is 0 Å². The quantitative estimate of drug-likeness (QED) is 0.869. The molecule has 5 heteroatoms. The molecule has 0 aliphatic carbocycles. The first-order valence-electron chi connectivity index (χ1n) is 5.21. The Balaban J connectivity index is 2.78. The molecule has 0 atom stereocenters. The van der Waals surface area contributed by atoms with Crippen LogP contribution in [0, 0.1) is 6.92 Å². The molecule has 0 saturated heterocycles. The van der Waals surface area contributed by atoms with Crippen LogP contribution in [0.3, 0.4) is 0 Å². The fourth-order valence-electron chi connectivity index (χ4n) is 1.45. The SMILES string of the molecule is Cc1cc(Br)ccc1C(=O)N(C)CCC(N)=S. The van der Waals surface area contributed by atoms with Gasteiger partial charge in [-0.2, -0.15) is 0 Å². The van der Waals surface area contributed by atoms with Crippen molar-refractivity contribution in [3.05, 3.63) is 33.8 Å². The number of nitrogens with zero attached hydrogens (tertiary/aromatic N) is 1. The summed E-state index contributed by atoms with van der Waals surface area (Å²) in [5.74, 6) is -0.00810. The fraction of sp³-hybridized carbons (Fsp3) is 0.333. The van der Waals surface area contributed by atoms with E-state index in [1.807, 2.05) is 25.1 Å². The molecule has 3 nitrogen and oxygen atoms in total. The van der Waals surface area contributed by atoms with Gasteiger partial charge >= 0.3 is 0 Å². The van der Waals surface area contributed by atoms with Gasteiger partial charge in [-0.3, -0.25) is 4.79 Å². The van der Waals surface area contributed by atoms with Crippen LogP contribution in [0.25, 0.3) is 0 Å². The number of thiocarbonyl (C=S) groups is 1. The molecule has 0 fully saturated rings. The van der Waals surface area contributed by atoms with E-state index in [-0.39, 0.29) is 5.91 Å². The third kappa shape index (κ3) is 4.09. The van der Waals surface area contributed by atoms with E-state index in [2.05, 4.69) is 15.9 Å². The molecule has 1 aromatic carbocycles. The molecule has 0 saturated carbocycles. The van der Waals surface area contributed by atoms with Crippen molar-refractivity contribution in [3.8, 4) is 0 Å².